The molecule has 1 saturated heterocycles. The van der Waals surface area contributed by atoms with Gasteiger partial charge in [0.05, 0.1) is 0 Å². The highest BCUT2D eigenvalue weighted by molar-refractivity contribution is 7.10. The Kier molecular flexibility index (Phi) is 4.77. The van der Waals surface area contributed by atoms with E-state index in [1.54, 1.807) is 0 Å². The van der Waals surface area contributed by atoms with E-state index in [-0.39, 0.29) is 0 Å². The molecule has 106 valence electrons. The molecule has 1 nitrogen and oxygen atoms in total. The minimum absolute atomic E-state index is 0.591. The lowest BCUT2D eigenvalue weighted by Crippen LogP contribution is -2.27. The maximum absolute atomic E-state index is 5.98. The number of rotatable bonds is 3. The van der Waals surface area contributed by atoms with Crippen molar-refractivity contribution in [2.24, 2.45) is 0 Å². The summed E-state index contributed by atoms with van der Waals surface area (Å²) >= 11 is 7.87. The second-order valence-corrected chi connectivity index (χ2v) is 6.89. The van der Waals surface area contributed by atoms with Crippen LogP contribution in [0, 0.1) is 0 Å². The highest BCUT2D eigenvalue weighted by atomic mass is 35.5. The first kappa shape index (κ1) is 14.1. The number of thiophene rings is 1. The van der Waals surface area contributed by atoms with Crippen LogP contribution in [-0.4, -0.2) is 11.4 Å². The maximum atomic E-state index is 5.98. The summed E-state index contributed by atoms with van der Waals surface area (Å²) in [5, 5.41) is 3.01. The van der Waals surface area contributed by atoms with Gasteiger partial charge in [-0.3, -0.25) is 4.90 Å². The molecule has 2 heterocycles. The molecule has 0 amide bonds. The van der Waals surface area contributed by atoms with Gasteiger partial charge >= 0.3 is 0 Å². The van der Waals surface area contributed by atoms with E-state index in [1.165, 1.54) is 42.7 Å². The molecule has 20 heavy (non-hydrogen) atoms. The van der Waals surface area contributed by atoms with Crippen LogP contribution < -0.4 is 0 Å². The van der Waals surface area contributed by atoms with Gasteiger partial charge in [-0.2, -0.15) is 0 Å². The fourth-order valence-corrected chi connectivity index (χ4v) is 4.01. The van der Waals surface area contributed by atoms with E-state index in [2.05, 4.69) is 34.5 Å². The van der Waals surface area contributed by atoms with Crippen molar-refractivity contribution in [3.05, 3.63) is 57.2 Å². The number of hydrogen-bond acceptors (Lipinski definition) is 2. The Labute approximate surface area is 130 Å². The molecule has 1 aromatic carbocycles. The van der Waals surface area contributed by atoms with Crippen LogP contribution in [0.15, 0.2) is 41.8 Å². The summed E-state index contributed by atoms with van der Waals surface area (Å²) in [4.78, 5) is 4.16. The van der Waals surface area contributed by atoms with Crippen LogP contribution in [0.25, 0.3) is 0 Å². The minimum Gasteiger partial charge on any atom is -0.291 e. The van der Waals surface area contributed by atoms with Gasteiger partial charge in [-0.15, -0.1) is 11.3 Å². The molecule has 1 fully saturated rings. The van der Waals surface area contributed by atoms with Crippen molar-refractivity contribution in [1.29, 1.82) is 0 Å². The molecule has 1 aliphatic rings. The van der Waals surface area contributed by atoms with E-state index in [0.29, 0.717) is 6.04 Å². The van der Waals surface area contributed by atoms with Crippen LogP contribution in [0.2, 0.25) is 5.02 Å². The largest absolute Gasteiger partial charge is 0.291 e. The SMILES string of the molecule is Clc1ccc(CN2CCCCC[C@H]2c2cccs2)cc1. The zero-order chi connectivity index (χ0) is 13.8. The van der Waals surface area contributed by atoms with Crippen LogP contribution in [0.5, 0.6) is 0 Å². The van der Waals surface area contributed by atoms with Crippen molar-refractivity contribution in [2.45, 2.75) is 38.3 Å². The van der Waals surface area contributed by atoms with Gasteiger partial charge in [0, 0.05) is 22.5 Å². The molecule has 0 spiro atoms. The van der Waals surface area contributed by atoms with E-state index in [0.717, 1.165) is 11.6 Å². The van der Waals surface area contributed by atoms with E-state index in [4.69, 9.17) is 11.6 Å². The molecule has 0 aliphatic carbocycles. The molecular formula is C17H20ClNS. The molecule has 3 rings (SSSR count). The number of hydrogen-bond donors (Lipinski definition) is 0. The monoisotopic (exact) mass is 305 g/mol. The molecule has 0 saturated carbocycles. The zero-order valence-electron chi connectivity index (χ0n) is 11.6. The Morgan fingerprint density at radius 2 is 1.95 bits per heavy atom. The lowest BCUT2D eigenvalue weighted by atomic mass is 10.1. The van der Waals surface area contributed by atoms with E-state index < -0.39 is 0 Å². The van der Waals surface area contributed by atoms with Crippen molar-refractivity contribution < 1.29 is 0 Å². The fraction of sp³-hybridized carbons (Fsp3) is 0.412. The van der Waals surface area contributed by atoms with Crippen molar-refractivity contribution in [3.8, 4) is 0 Å². The summed E-state index contributed by atoms with van der Waals surface area (Å²) in [5.74, 6) is 0. The van der Waals surface area contributed by atoms with Crippen LogP contribution in [-0.2, 0) is 6.54 Å². The van der Waals surface area contributed by atoms with Crippen LogP contribution >= 0.6 is 22.9 Å². The van der Waals surface area contributed by atoms with Crippen molar-refractivity contribution >= 4 is 22.9 Å². The Bertz CT molecular complexity index is 520. The van der Waals surface area contributed by atoms with Crippen molar-refractivity contribution in [2.75, 3.05) is 6.54 Å². The number of likely N-dealkylation sites (tertiary alicyclic amines) is 1. The highest BCUT2D eigenvalue weighted by Gasteiger charge is 2.23. The van der Waals surface area contributed by atoms with Crippen LogP contribution in [0.1, 0.15) is 42.2 Å². The molecule has 0 bridgehead atoms. The number of nitrogens with zero attached hydrogens (tertiary/aromatic N) is 1. The predicted molar refractivity (Wildman–Crippen MR) is 87.4 cm³/mol. The first-order valence-corrected chi connectivity index (χ1v) is 8.60. The predicted octanol–water partition coefficient (Wildman–Crippen LogP) is 5.52. The summed E-state index contributed by atoms with van der Waals surface area (Å²) in [5.41, 5.74) is 1.36. The van der Waals surface area contributed by atoms with Gasteiger partial charge < -0.3 is 0 Å². The van der Waals surface area contributed by atoms with E-state index in [1.807, 2.05) is 23.5 Å². The molecule has 0 unspecified atom stereocenters. The van der Waals surface area contributed by atoms with Gasteiger partial charge in [-0.05, 0) is 48.5 Å². The van der Waals surface area contributed by atoms with Gasteiger partial charge in [0.15, 0.2) is 0 Å². The molecule has 2 aromatic rings. The molecule has 1 aliphatic heterocycles. The molecule has 3 heteroatoms. The Morgan fingerprint density at radius 1 is 1.10 bits per heavy atom. The lowest BCUT2D eigenvalue weighted by Gasteiger charge is -2.29. The first-order valence-electron chi connectivity index (χ1n) is 7.35. The molecule has 0 radical (unpaired) electrons. The number of benzene rings is 1. The molecule has 0 N–H and O–H groups in total. The minimum atomic E-state index is 0.591. The topological polar surface area (TPSA) is 3.24 Å². The van der Waals surface area contributed by atoms with E-state index in [9.17, 15) is 0 Å². The van der Waals surface area contributed by atoms with Gasteiger partial charge in [0.2, 0.25) is 0 Å². The van der Waals surface area contributed by atoms with Gasteiger partial charge in [-0.1, -0.05) is 42.6 Å². The second kappa shape index (κ2) is 6.75. The fourth-order valence-electron chi connectivity index (χ4n) is 2.98. The Hall–Kier alpha value is -0.830. The van der Waals surface area contributed by atoms with Gasteiger partial charge in [0.25, 0.3) is 0 Å². The van der Waals surface area contributed by atoms with Crippen molar-refractivity contribution in [1.82, 2.24) is 4.90 Å². The lowest BCUT2D eigenvalue weighted by molar-refractivity contribution is 0.195. The third-order valence-electron chi connectivity index (χ3n) is 4.03. The van der Waals surface area contributed by atoms with Gasteiger partial charge in [0.1, 0.15) is 0 Å². The van der Waals surface area contributed by atoms with Crippen LogP contribution in [0.3, 0.4) is 0 Å². The summed E-state index contributed by atoms with van der Waals surface area (Å²) in [7, 11) is 0. The average molecular weight is 306 g/mol. The third kappa shape index (κ3) is 3.43. The zero-order valence-corrected chi connectivity index (χ0v) is 13.2. The molecule has 1 atom stereocenters. The van der Waals surface area contributed by atoms with Crippen molar-refractivity contribution in [3.63, 3.8) is 0 Å². The first-order chi connectivity index (χ1) is 9.83. The third-order valence-corrected chi connectivity index (χ3v) is 5.26. The second-order valence-electron chi connectivity index (χ2n) is 5.48. The molecular weight excluding hydrogens is 286 g/mol. The smallest absolute Gasteiger partial charge is 0.0445 e. The normalized spacial score (nSPS) is 20.8. The summed E-state index contributed by atoms with van der Waals surface area (Å²) in [6.45, 7) is 2.23. The van der Waals surface area contributed by atoms with E-state index >= 15 is 0 Å². The van der Waals surface area contributed by atoms with Crippen LogP contribution in [0.4, 0.5) is 0 Å². The Morgan fingerprint density at radius 3 is 2.70 bits per heavy atom. The quantitative estimate of drug-likeness (QED) is 0.722. The van der Waals surface area contributed by atoms with Gasteiger partial charge in [-0.25, -0.2) is 0 Å². The maximum Gasteiger partial charge on any atom is 0.0445 e. The summed E-state index contributed by atoms with van der Waals surface area (Å²) in [6.07, 6.45) is 5.31. The summed E-state index contributed by atoms with van der Waals surface area (Å²) in [6, 6.07) is 13.3. The number of halogens is 1. The Balaban J connectivity index is 1.78. The summed E-state index contributed by atoms with van der Waals surface area (Å²) < 4.78 is 0. The highest BCUT2D eigenvalue weighted by Crippen LogP contribution is 2.33. The standard InChI is InChI=1S/C17H20ClNS/c18-15-9-7-14(8-10-15)13-19-11-3-1-2-5-16(19)17-6-4-12-20-17/h4,6-10,12,16H,1-3,5,11,13H2/t16-/m0/s1. The molecule has 1 aromatic heterocycles. The average Bonchev–Trinajstić information content (AvgIpc) is 2.89.